The lowest BCUT2D eigenvalue weighted by Gasteiger charge is -2.31. The number of likely N-dealkylation sites (tertiary alicyclic amines) is 1. The molecule has 0 radical (unpaired) electrons. The fraction of sp³-hybridized carbons (Fsp3) is 0.667. The Balaban J connectivity index is 1.89. The summed E-state index contributed by atoms with van der Waals surface area (Å²) < 4.78 is 27.4. The average molecular weight is 424 g/mol. The van der Waals surface area contributed by atoms with Crippen LogP contribution in [0.5, 0.6) is 0 Å². The molecule has 0 unspecified atom stereocenters. The Kier molecular flexibility index (Phi) is 7.54. The van der Waals surface area contributed by atoms with Gasteiger partial charge in [0.1, 0.15) is 0 Å². The summed E-state index contributed by atoms with van der Waals surface area (Å²) in [5.41, 5.74) is 1.54. The van der Waals surface area contributed by atoms with Crippen LogP contribution in [0.15, 0.2) is 23.1 Å². The number of piperidine rings is 1. The lowest BCUT2D eigenvalue weighted by Crippen LogP contribution is -3.11. The summed E-state index contributed by atoms with van der Waals surface area (Å²) in [5.74, 6) is -0.0439. The van der Waals surface area contributed by atoms with E-state index >= 15 is 0 Å². The SMILES string of the molecule is CCN(CC)S(=O)(=O)c1ccc(N2CCCCC2)c(NC(=O)C[NH+]2CCCC2)c1. The van der Waals surface area contributed by atoms with Crippen molar-refractivity contribution in [2.24, 2.45) is 0 Å². The Labute approximate surface area is 175 Å². The lowest BCUT2D eigenvalue weighted by molar-refractivity contribution is -0.878. The van der Waals surface area contributed by atoms with Crippen molar-refractivity contribution >= 4 is 27.3 Å². The molecule has 2 aliphatic heterocycles. The van der Waals surface area contributed by atoms with Gasteiger partial charge in [-0.05, 0) is 37.5 Å². The molecule has 0 atom stereocenters. The number of carbonyl (C=O) groups is 1. The van der Waals surface area contributed by atoms with E-state index in [1.165, 1.54) is 28.5 Å². The third-order valence-corrected chi connectivity index (χ3v) is 8.05. The highest BCUT2D eigenvalue weighted by molar-refractivity contribution is 7.89. The smallest absolute Gasteiger partial charge is 0.279 e. The van der Waals surface area contributed by atoms with Crippen molar-refractivity contribution in [3.8, 4) is 0 Å². The van der Waals surface area contributed by atoms with Gasteiger partial charge >= 0.3 is 0 Å². The first-order valence-electron chi connectivity index (χ1n) is 11.0. The van der Waals surface area contributed by atoms with Crippen LogP contribution in [0.3, 0.4) is 0 Å². The lowest BCUT2D eigenvalue weighted by atomic mass is 10.1. The van der Waals surface area contributed by atoms with E-state index in [2.05, 4.69) is 10.2 Å². The van der Waals surface area contributed by atoms with E-state index in [4.69, 9.17) is 0 Å². The van der Waals surface area contributed by atoms with Crippen LogP contribution in [-0.4, -0.2) is 64.4 Å². The van der Waals surface area contributed by atoms with E-state index < -0.39 is 10.0 Å². The van der Waals surface area contributed by atoms with Crippen molar-refractivity contribution in [2.45, 2.75) is 50.8 Å². The third kappa shape index (κ3) is 5.29. The molecule has 1 aromatic rings. The molecule has 2 saturated heterocycles. The van der Waals surface area contributed by atoms with Crippen molar-refractivity contribution in [1.29, 1.82) is 0 Å². The predicted octanol–water partition coefficient (Wildman–Crippen LogP) is 1.32. The highest BCUT2D eigenvalue weighted by Crippen LogP contribution is 2.32. The van der Waals surface area contributed by atoms with Gasteiger partial charge in [0.25, 0.3) is 5.91 Å². The molecule has 2 fully saturated rings. The molecule has 0 spiro atoms. The van der Waals surface area contributed by atoms with Crippen LogP contribution in [0.4, 0.5) is 11.4 Å². The predicted molar refractivity (Wildman–Crippen MR) is 116 cm³/mol. The molecular weight excluding hydrogens is 388 g/mol. The zero-order chi connectivity index (χ0) is 20.9. The number of hydrogen-bond acceptors (Lipinski definition) is 4. The van der Waals surface area contributed by atoms with Crippen LogP contribution < -0.4 is 15.1 Å². The van der Waals surface area contributed by atoms with Gasteiger partial charge in [0, 0.05) is 39.0 Å². The van der Waals surface area contributed by atoms with Gasteiger partial charge in [0.05, 0.1) is 29.4 Å². The molecule has 0 bridgehead atoms. The first kappa shape index (κ1) is 22.1. The summed E-state index contributed by atoms with van der Waals surface area (Å²) in [4.78, 5) is 16.5. The van der Waals surface area contributed by atoms with Gasteiger partial charge in [-0.1, -0.05) is 13.8 Å². The van der Waals surface area contributed by atoms with Gasteiger partial charge in [-0.2, -0.15) is 4.31 Å². The molecule has 2 aliphatic rings. The van der Waals surface area contributed by atoms with E-state index in [1.807, 2.05) is 19.9 Å². The van der Waals surface area contributed by atoms with Crippen LogP contribution in [0, 0.1) is 0 Å². The standard InChI is InChI=1S/C21H34N4O3S/c1-3-25(4-2)29(27,28)18-10-11-20(24-14-6-5-7-15-24)19(16-18)22-21(26)17-23-12-8-9-13-23/h10-11,16H,3-9,12-15,17H2,1-2H3,(H,22,26)/p+1. The summed E-state index contributed by atoms with van der Waals surface area (Å²) in [6.45, 7) is 8.89. The molecule has 162 valence electrons. The zero-order valence-electron chi connectivity index (χ0n) is 17.7. The number of nitrogens with one attached hydrogen (secondary N) is 2. The molecule has 0 aliphatic carbocycles. The topological polar surface area (TPSA) is 74.2 Å². The van der Waals surface area contributed by atoms with Gasteiger partial charge in [-0.25, -0.2) is 8.42 Å². The molecule has 2 N–H and O–H groups in total. The van der Waals surface area contributed by atoms with E-state index in [1.54, 1.807) is 12.1 Å². The fourth-order valence-electron chi connectivity index (χ4n) is 4.37. The largest absolute Gasteiger partial charge is 0.370 e. The number of hydrogen-bond donors (Lipinski definition) is 2. The maximum Gasteiger partial charge on any atom is 0.279 e. The minimum Gasteiger partial charge on any atom is -0.370 e. The van der Waals surface area contributed by atoms with Gasteiger partial charge in [0.2, 0.25) is 10.0 Å². The minimum atomic E-state index is -3.57. The van der Waals surface area contributed by atoms with Crippen LogP contribution in [0.25, 0.3) is 0 Å². The van der Waals surface area contributed by atoms with Crippen molar-refractivity contribution in [2.75, 3.05) is 56.0 Å². The molecule has 0 saturated carbocycles. The van der Waals surface area contributed by atoms with Gasteiger partial charge in [-0.3, -0.25) is 4.79 Å². The van der Waals surface area contributed by atoms with Crippen LogP contribution >= 0.6 is 0 Å². The number of rotatable bonds is 8. The summed E-state index contributed by atoms with van der Waals surface area (Å²) >= 11 is 0. The number of carbonyl (C=O) groups excluding carboxylic acids is 1. The quantitative estimate of drug-likeness (QED) is 0.662. The van der Waals surface area contributed by atoms with Gasteiger partial charge in [-0.15, -0.1) is 0 Å². The Morgan fingerprint density at radius 2 is 1.72 bits per heavy atom. The second-order valence-electron chi connectivity index (χ2n) is 8.00. The molecular formula is C21H35N4O3S+. The maximum atomic E-state index is 13.0. The van der Waals surface area contributed by atoms with Crippen molar-refractivity contribution in [3.05, 3.63) is 18.2 Å². The Bertz CT molecular complexity index is 796. The molecule has 3 rings (SSSR count). The van der Waals surface area contributed by atoms with Crippen molar-refractivity contribution in [1.82, 2.24) is 4.31 Å². The van der Waals surface area contributed by atoms with E-state index in [0.29, 0.717) is 25.3 Å². The number of nitrogens with zero attached hydrogens (tertiary/aromatic N) is 2. The highest BCUT2D eigenvalue weighted by atomic mass is 32.2. The number of sulfonamides is 1. The van der Waals surface area contributed by atoms with Gasteiger partial charge < -0.3 is 15.1 Å². The first-order valence-corrected chi connectivity index (χ1v) is 12.4. The fourth-order valence-corrected chi connectivity index (χ4v) is 5.86. The molecule has 1 aromatic carbocycles. The van der Waals surface area contributed by atoms with Crippen LogP contribution in [0.2, 0.25) is 0 Å². The number of amides is 1. The van der Waals surface area contributed by atoms with Crippen molar-refractivity contribution in [3.63, 3.8) is 0 Å². The summed E-state index contributed by atoms with van der Waals surface area (Å²) in [6.07, 6.45) is 5.78. The monoisotopic (exact) mass is 423 g/mol. The summed E-state index contributed by atoms with van der Waals surface area (Å²) in [7, 11) is -3.57. The molecule has 7 nitrogen and oxygen atoms in total. The molecule has 1 amide bonds. The second kappa shape index (κ2) is 9.91. The number of quaternary nitrogens is 1. The van der Waals surface area contributed by atoms with Crippen LogP contribution in [-0.2, 0) is 14.8 Å². The normalized spacial score (nSPS) is 18.4. The molecule has 29 heavy (non-hydrogen) atoms. The van der Waals surface area contributed by atoms with Crippen molar-refractivity contribution < 1.29 is 18.1 Å². The summed E-state index contributed by atoms with van der Waals surface area (Å²) in [6, 6.07) is 5.19. The van der Waals surface area contributed by atoms with E-state index in [-0.39, 0.29) is 10.8 Å². The molecule has 8 heteroatoms. The Hall–Kier alpha value is -1.64. The number of anilines is 2. The Morgan fingerprint density at radius 1 is 1.07 bits per heavy atom. The average Bonchev–Trinajstić information content (AvgIpc) is 3.22. The van der Waals surface area contributed by atoms with E-state index in [0.717, 1.165) is 44.7 Å². The minimum absolute atomic E-state index is 0.0439. The molecule has 0 aromatic heterocycles. The first-order chi connectivity index (χ1) is 14.0. The maximum absolute atomic E-state index is 13.0. The second-order valence-corrected chi connectivity index (χ2v) is 9.94. The Morgan fingerprint density at radius 3 is 2.34 bits per heavy atom. The zero-order valence-corrected chi connectivity index (χ0v) is 18.6. The molecule has 2 heterocycles. The van der Waals surface area contributed by atoms with E-state index in [9.17, 15) is 13.2 Å². The summed E-state index contributed by atoms with van der Waals surface area (Å²) in [5, 5.41) is 3.04. The highest BCUT2D eigenvalue weighted by Gasteiger charge is 2.25. The van der Waals surface area contributed by atoms with Gasteiger partial charge in [0.15, 0.2) is 6.54 Å². The number of benzene rings is 1. The van der Waals surface area contributed by atoms with Crippen LogP contribution in [0.1, 0.15) is 46.0 Å². The third-order valence-electron chi connectivity index (χ3n) is 6.00.